The summed E-state index contributed by atoms with van der Waals surface area (Å²) in [6.45, 7) is 4.25. The molecule has 0 fully saturated rings. The van der Waals surface area contributed by atoms with Crippen molar-refractivity contribution in [1.82, 2.24) is 0 Å². The van der Waals surface area contributed by atoms with Crippen LogP contribution in [0.3, 0.4) is 0 Å². The van der Waals surface area contributed by atoms with Crippen molar-refractivity contribution >= 4 is 0 Å². The van der Waals surface area contributed by atoms with Gasteiger partial charge in [0.15, 0.2) is 0 Å². The SMILES string of the molecule is C=CCC(CO)C(O)COCc1ccccc1. The Hall–Kier alpha value is -1.16. The highest BCUT2D eigenvalue weighted by atomic mass is 16.5. The van der Waals surface area contributed by atoms with Crippen molar-refractivity contribution in [3.63, 3.8) is 0 Å². The van der Waals surface area contributed by atoms with Crippen molar-refractivity contribution in [2.24, 2.45) is 5.92 Å². The van der Waals surface area contributed by atoms with Gasteiger partial charge in [0.1, 0.15) is 0 Å². The second-order valence-electron chi connectivity index (χ2n) is 4.04. The molecule has 2 unspecified atom stereocenters. The van der Waals surface area contributed by atoms with E-state index in [0.29, 0.717) is 13.0 Å². The number of benzene rings is 1. The van der Waals surface area contributed by atoms with E-state index in [1.807, 2.05) is 30.3 Å². The van der Waals surface area contributed by atoms with Crippen LogP contribution >= 0.6 is 0 Å². The molecular weight excluding hydrogens is 216 g/mol. The molecule has 0 aliphatic heterocycles. The number of aliphatic hydroxyl groups excluding tert-OH is 2. The Balaban J connectivity index is 2.28. The Morgan fingerprint density at radius 1 is 1.29 bits per heavy atom. The molecule has 94 valence electrons. The molecule has 0 spiro atoms. The molecule has 1 aromatic rings. The third-order valence-corrected chi connectivity index (χ3v) is 2.65. The Labute approximate surface area is 102 Å². The van der Waals surface area contributed by atoms with Crippen molar-refractivity contribution in [3.05, 3.63) is 48.6 Å². The van der Waals surface area contributed by atoms with Crippen LogP contribution in [0.1, 0.15) is 12.0 Å². The Kier molecular flexibility index (Phi) is 6.55. The van der Waals surface area contributed by atoms with Gasteiger partial charge < -0.3 is 14.9 Å². The average molecular weight is 236 g/mol. The van der Waals surface area contributed by atoms with Gasteiger partial charge in [0, 0.05) is 12.5 Å². The van der Waals surface area contributed by atoms with Crippen LogP contribution in [0.5, 0.6) is 0 Å². The maximum atomic E-state index is 9.79. The summed E-state index contributed by atoms with van der Waals surface area (Å²) in [5, 5.41) is 18.9. The summed E-state index contributed by atoms with van der Waals surface area (Å²) in [7, 11) is 0. The van der Waals surface area contributed by atoms with Crippen molar-refractivity contribution < 1.29 is 14.9 Å². The molecule has 0 saturated carbocycles. The van der Waals surface area contributed by atoms with Gasteiger partial charge in [0.25, 0.3) is 0 Å². The van der Waals surface area contributed by atoms with Gasteiger partial charge in [-0.1, -0.05) is 36.4 Å². The summed E-state index contributed by atoms with van der Waals surface area (Å²) >= 11 is 0. The minimum atomic E-state index is -0.651. The Morgan fingerprint density at radius 3 is 2.59 bits per heavy atom. The first-order chi connectivity index (χ1) is 8.27. The molecule has 17 heavy (non-hydrogen) atoms. The molecular formula is C14H20O3. The third-order valence-electron chi connectivity index (χ3n) is 2.65. The largest absolute Gasteiger partial charge is 0.396 e. The zero-order chi connectivity index (χ0) is 12.5. The fourth-order valence-corrected chi connectivity index (χ4v) is 1.58. The summed E-state index contributed by atoms with van der Waals surface area (Å²) in [5.41, 5.74) is 1.07. The second-order valence-corrected chi connectivity index (χ2v) is 4.04. The highest BCUT2D eigenvalue weighted by Crippen LogP contribution is 2.10. The van der Waals surface area contributed by atoms with E-state index in [-0.39, 0.29) is 19.1 Å². The number of hydrogen-bond acceptors (Lipinski definition) is 3. The predicted octanol–water partition coefficient (Wildman–Crippen LogP) is 1.75. The van der Waals surface area contributed by atoms with Crippen LogP contribution in [0.2, 0.25) is 0 Å². The molecule has 0 saturated heterocycles. The maximum absolute atomic E-state index is 9.79. The summed E-state index contributed by atoms with van der Waals surface area (Å²) < 4.78 is 5.42. The molecule has 0 bridgehead atoms. The number of rotatable bonds is 8. The fourth-order valence-electron chi connectivity index (χ4n) is 1.58. The number of allylic oxidation sites excluding steroid dienone is 1. The molecule has 0 radical (unpaired) electrons. The van der Waals surface area contributed by atoms with Gasteiger partial charge >= 0.3 is 0 Å². The first kappa shape index (κ1) is 13.9. The normalized spacial score (nSPS) is 14.2. The lowest BCUT2D eigenvalue weighted by Gasteiger charge is -2.19. The van der Waals surface area contributed by atoms with Gasteiger partial charge in [-0.15, -0.1) is 6.58 Å². The molecule has 1 rings (SSSR count). The van der Waals surface area contributed by atoms with Gasteiger partial charge in [-0.05, 0) is 12.0 Å². The number of aliphatic hydroxyl groups is 2. The summed E-state index contributed by atoms with van der Waals surface area (Å²) in [6, 6.07) is 9.79. The van der Waals surface area contributed by atoms with Crippen LogP contribution in [-0.4, -0.2) is 29.5 Å². The predicted molar refractivity (Wildman–Crippen MR) is 67.5 cm³/mol. The smallest absolute Gasteiger partial charge is 0.0826 e. The van der Waals surface area contributed by atoms with E-state index < -0.39 is 6.10 Å². The van der Waals surface area contributed by atoms with Crippen LogP contribution in [0, 0.1) is 5.92 Å². The molecule has 0 amide bonds. The van der Waals surface area contributed by atoms with E-state index in [9.17, 15) is 5.11 Å². The fraction of sp³-hybridized carbons (Fsp3) is 0.429. The van der Waals surface area contributed by atoms with Crippen LogP contribution in [-0.2, 0) is 11.3 Å². The van der Waals surface area contributed by atoms with E-state index in [0.717, 1.165) is 5.56 Å². The number of hydrogen-bond donors (Lipinski definition) is 2. The molecule has 0 aliphatic carbocycles. The zero-order valence-electron chi connectivity index (χ0n) is 9.96. The van der Waals surface area contributed by atoms with Crippen molar-refractivity contribution in [2.75, 3.05) is 13.2 Å². The van der Waals surface area contributed by atoms with Crippen LogP contribution in [0.25, 0.3) is 0 Å². The first-order valence-electron chi connectivity index (χ1n) is 5.79. The summed E-state index contributed by atoms with van der Waals surface area (Å²) in [5.74, 6) is -0.191. The van der Waals surface area contributed by atoms with E-state index >= 15 is 0 Å². The topological polar surface area (TPSA) is 49.7 Å². The lowest BCUT2D eigenvalue weighted by molar-refractivity contribution is -0.0152. The third kappa shape index (κ3) is 5.13. The van der Waals surface area contributed by atoms with E-state index in [1.165, 1.54) is 0 Å². The standard InChI is InChI=1S/C14H20O3/c1-2-6-13(9-15)14(16)11-17-10-12-7-4-3-5-8-12/h2-5,7-8,13-16H,1,6,9-11H2. The molecule has 2 N–H and O–H groups in total. The minimum absolute atomic E-state index is 0.0537. The second kappa shape index (κ2) is 8.01. The highest BCUT2D eigenvalue weighted by molar-refractivity contribution is 5.13. The lowest BCUT2D eigenvalue weighted by Crippen LogP contribution is -2.28. The first-order valence-corrected chi connectivity index (χ1v) is 5.79. The van der Waals surface area contributed by atoms with E-state index in [2.05, 4.69) is 6.58 Å². The Bertz CT molecular complexity index is 311. The zero-order valence-corrected chi connectivity index (χ0v) is 9.96. The molecule has 3 heteroatoms. The Morgan fingerprint density at radius 2 is 2.00 bits per heavy atom. The lowest BCUT2D eigenvalue weighted by atomic mass is 10.0. The maximum Gasteiger partial charge on any atom is 0.0826 e. The number of ether oxygens (including phenoxy) is 1. The van der Waals surface area contributed by atoms with E-state index in [1.54, 1.807) is 6.08 Å². The van der Waals surface area contributed by atoms with Crippen LogP contribution in [0.15, 0.2) is 43.0 Å². The van der Waals surface area contributed by atoms with Crippen molar-refractivity contribution in [1.29, 1.82) is 0 Å². The van der Waals surface area contributed by atoms with Crippen molar-refractivity contribution in [2.45, 2.75) is 19.1 Å². The van der Waals surface area contributed by atoms with E-state index in [4.69, 9.17) is 9.84 Å². The minimum Gasteiger partial charge on any atom is -0.396 e. The van der Waals surface area contributed by atoms with Gasteiger partial charge in [0.05, 0.1) is 19.3 Å². The molecule has 3 nitrogen and oxygen atoms in total. The molecule has 2 atom stereocenters. The molecule has 1 aromatic carbocycles. The summed E-state index contributed by atoms with van der Waals surface area (Å²) in [6.07, 6.45) is 1.63. The van der Waals surface area contributed by atoms with Crippen LogP contribution in [0.4, 0.5) is 0 Å². The highest BCUT2D eigenvalue weighted by Gasteiger charge is 2.16. The van der Waals surface area contributed by atoms with Gasteiger partial charge in [-0.2, -0.15) is 0 Å². The van der Waals surface area contributed by atoms with Gasteiger partial charge in [-0.3, -0.25) is 0 Å². The van der Waals surface area contributed by atoms with Crippen molar-refractivity contribution in [3.8, 4) is 0 Å². The quantitative estimate of drug-likeness (QED) is 0.676. The van der Waals surface area contributed by atoms with Gasteiger partial charge in [0.2, 0.25) is 0 Å². The molecule has 0 heterocycles. The van der Waals surface area contributed by atoms with Crippen LogP contribution < -0.4 is 0 Å². The average Bonchev–Trinajstić information content (AvgIpc) is 2.37. The monoisotopic (exact) mass is 236 g/mol. The van der Waals surface area contributed by atoms with Gasteiger partial charge in [-0.25, -0.2) is 0 Å². The molecule has 0 aromatic heterocycles. The molecule has 0 aliphatic rings. The summed E-state index contributed by atoms with van der Waals surface area (Å²) in [4.78, 5) is 0.